The topological polar surface area (TPSA) is 75.7 Å². The summed E-state index contributed by atoms with van der Waals surface area (Å²) >= 11 is 0. The molecule has 0 unspecified atom stereocenters. The monoisotopic (exact) mass is 440 g/mol. The molecule has 0 atom stereocenters. The number of nitrogens with one attached hydrogen (secondary N) is 1. The van der Waals surface area contributed by atoms with E-state index < -0.39 is 15.8 Å². The minimum absolute atomic E-state index is 0.0568. The Balaban J connectivity index is 1.52. The average molecular weight is 440 g/mol. The van der Waals surface area contributed by atoms with Gasteiger partial charge in [-0.2, -0.15) is 4.31 Å². The second-order valence-electron chi connectivity index (χ2n) is 7.21. The molecule has 6 nitrogen and oxygen atoms in total. The van der Waals surface area contributed by atoms with Crippen molar-refractivity contribution in [3.05, 3.63) is 89.2 Å². The van der Waals surface area contributed by atoms with Gasteiger partial charge in [0.1, 0.15) is 11.6 Å². The van der Waals surface area contributed by atoms with E-state index in [1.165, 1.54) is 16.4 Å². The van der Waals surface area contributed by atoms with E-state index in [4.69, 9.17) is 4.74 Å². The molecule has 0 saturated heterocycles. The van der Waals surface area contributed by atoms with Crippen molar-refractivity contribution in [2.45, 2.75) is 17.9 Å². The highest BCUT2D eigenvalue weighted by Crippen LogP contribution is 2.27. The third-order valence-corrected chi connectivity index (χ3v) is 7.10. The van der Waals surface area contributed by atoms with Gasteiger partial charge in [-0.15, -0.1) is 0 Å². The van der Waals surface area contributed by atoms with Crippen molar-refractivity contribution >= 4 is 21.6 Å². The van der Waals surface area contributed by atoms with E-state index in [1.54, 1.807) is 37.4 Å². The van der Waals surface area contributed by atoms with E-state index in [2.05, 4.69) is 5.32 Å². The van der Waals surface area contributed by atoms with Crippen LogP contribution in [0, 0.1) is 5.82 Å². The van der Waals surface area contributed by atoms with Gasteiger partial charge >= 0.3 is 0 Å². The molecule has 1 aliphatic rings. The van der Waals surface area contributed by atoms with Gasteiger partial charge in [0.2, 0.25) is 10.0 Å². The molecule has 1 N–H and O–H groups in total. The number of carbonyl (C=O) groups excluding carboxylic acids is 1. The van der Waals surface area contributed by atoms with Crippen LogP contribution < -0.4 is 10.1 Å². The van der Waals surface area contributed by atoms with Gasteiger partial charge in [0.15, 0.2) is 0 Å². The molecule has 160 valence electrons. The molecular weight excluding hydrogens is 419 g/mol. The zero-order valence-corrected chi connectivity index (χ0v) is 17.7. The normalized spacial score (nSPS) is 14.0. The number of hydrogen-bond acceptors (Lipinski definition) is 4. The number of nitrogens with zero attached hydrogens (tertiary/aromatic N) is 1. The number of methoxy groups -OCH3 is 1. The first-order valence-corrected chi connectivity index (χ1v) is 11.1. The van der Waals surface area contributed by atoms with E-state index >= 15 is 0 Å². The van der Waals surface area contributed by atoms with E-state index in [0.717, 1.165) is 23.3 Å². The minimum atomic E-state index is -3.74. The Labute approximate surface area is 180 Å². The number of benzene rings is 3. The van der Waals surface area contributed by atoms with Crippen LogP contribution in [0.5, 0.6) is 5.75 Å². The largest absolute Gasteiger partial charge is 0.497 e. The molecule has 0 radical (unpaired) electrons. The second-order valence-corrected chi connectivity index (χ2v) is 9.15. The molecule has 0 spiro atoms. The molecule has 0 aromatic heterocycles. The average Bonchev–Trinajstić information content (AvgIpc) is 2.79. The first-order chi connectivity index (χ1) is 14.9. The molecule has 3 aromatic rings. The number of anilines is 1. The molecule has 31 heavy (non-hydrogen) atoms. The maximum Gasteiger partial charge on any atom is 0.255 e. The Kier molecular flexibility index (Phi) is 5.75. The molecular formula is C23H21FN2O4S. The molecule has 0 fully saturated rings. The summed E-state index contributed by atoms with van der Waals surface area (Å²) in [5.74, 6) is -0.0952. The first-order valence-electron chi connectivity index (χ1n) is 9.70. The van der Waals surface area contributed by atoms with Crippen LogP contribution in [-0.2, 0) is 23.0 Å². The van der Waals surface area contributed by atoms with Crippen molar-refractivity contribution in [1.29, 1.82) is 0 Å². The number of hydrogen-bond donors (Lipinski definition) is 1. The lowest BCUT2D eigenvalue weighted by molar-refractivity contribution is 0.102. The number of carbonyl (C=O) groups is 1. The molecule has 1 heterocycles. The zero-order valence-electron chi connectivity index (χ0n) is 16.8. The SMILES string of the molecule is COc1ccc(C(=O)Nc2ccc3c(c2)CN(S(=O)(=O)c2ccc(F)cc2)CC3)cc1. The van der Waals surface area contributed by atoms with Crippen LogP contribution in [0.2, 0.25) is 0 Å². The van der Waals surface area contributed by atoms with Gasteiger partial charge in [-0.1, -0.05) is 6.07 Å². The van der Waals surface area contributed by atoms with Crippen LogP contribution >= 0.6 is 0 Å². The molecule has 4 rings (SSSR count). The third kappa shape index (κ3) is 4.45. The number of sulfonamides is 1. The maximum atomic E-state index is 13.2. The predicted molar refractivity (Wildman–Crippen MR) is 115 cm³/mol. The highest BCUT2D eigenvalue weighted by atomic mass is 32.2. The number of rotatable bonds is 5. The Morgan fingerprint density at radius 3 is 2.39 bits per heavy atom. The van der Waals surface area contributed by atoms with Crippen LogP contribution in [0.4, 0.5) is 10.1 Å². The number of halogens is 1. The van der Waals surface area contributed by atoms with Gasteiger partial charge in [-0.05, 0) is 78.2 Å². The Morgan fingerprint density at radius 2 is 1.71 bits per heavy atom. The summed E-state index contributed by atoms with van der Waals surface area (Å²) in [6, 6.07) is 17.1. The molecule has 0 saturated carbocycles. The molecule has 0 bridgehead atoms. The van der Waals surface area contributed by atoms with E-state index in [1.807, 2.05) is 12.1 Å². The van der Waals surface area contributed by atoms with E-state index in [-0.39, 0.29) is 17.3 Å². The van der Waals surface area contributed by atoms with Crippen LogP contribution in [0.25, 0.3) is 0 Å². The quantitative estimate of drug-likeness (QED) is 0.654. The standard InChI is InChI=1S/C23H21FN2O4S/c1-30-21-8-3-17(4-9-21)23(27)25-20-7-2-16-12-13-26(15-18(16)14-20)31(28,29)22-10-5-19(24)6-11-22/h2-11,14H,12-13,15H2,1H3,(H,25,27). The highest BCUT2D eigenvalue weighted by Gasteiger charge is 2.28. The number of fused-ring (bicyclic) bond motifs is 1. The summed E-state index contributed by atoms with van der Waals surface area (Å²) in [5.41, 5.74) is 2.93. The summed E-state index contributed by atoms with van der Waals surface area (Å²) in [4.78, 5) is 12.6. The van der Waals surface area contributed by atoms with Crippen LogP contribution in [0.1, 0.15) is 21.5 Å². The van der Waals surface area contributed by atoms with Gasteiger partial charge in [-0.3, -0.25) is 4.79 Å². The van der Waals surface area contributed by atoms with Crippen molar-refractivity contribution in [2.24, 2.45) is 0 Å². The lowest BCUT2D eigenvalue weighted by Gasteiger charge is -2.28. The van der Waals surface area contributed by atoms with Gasteiger partial charge in [-0.25, -0.2) is 12.8 Å². The van der Waals surface area contributed by atoms with Crippen LogP contribution in [0.3, 0.4) is 0 Å². The molecule has 1 amide bonds. The molecule has 3 aromatic carbocycles. The first kappa shape index (κ1) is 21.0. The fourth-order valence-electron chi connectivity index (χ4n) is 3.52. The van der Waals surface area contributed by atoms with Gasteiger partial charge in [0.05, 0.1) is 12.0 Å². The fraction of sp³-hybridized carbons (Fsp3) is 0.174. The van der Waals surface area contributed by atoms with Crippen molar-refractivity contribution in [3.63, 3.8) is 0 Å². The van der Waals surface area contributed by atoms with Crippen LogP contribution in [-0.4, -0.2) is 32.3 Å². The van der Waals surface area contributed by atoms with Crippen molar-refractivity contribution in [3.8, 4) is 5.75 Å². The fourth-order valence-corrected chi connectivity index (χ4v) is 4.93. The smallest absolute Gasteiger partial charge is 0.255 e. The molecule has 1 aliphatic heterocycles. The summed E-state index contributed by atoms with van der Waals surface area (Å²) in [6.07, 6.45) is 0.558. The Bertz CT molecular complexity index is 1210. The zero-order chi connectivity index (χ0) is 22.0. The molecule has 8 heteroatoms. The van der Waals surface area contributed by atoms with E-state index in [9.17, 15) is 17.6 Å². The summed E-state index contributed by atoms with van der Waals surface area (Å²) in [5, 5.41) is 2.85. The number of amides is 1. The highest BCUT2D eigenvalue weighted by molar-refractivity contribution is 7.89. The second kappa shape index (κ2) is 8.49. The molecule has 0 aliphatic carbocycles. The summed E-state index contributed by atoms with van der Waals surface area (Å²) in [6.45, 7) is 0.519. The predicted octanol–water partition coefficient (Wildman–Crippen LogP) is 3.83. The maximum absolute atomic E-state index is 13.2. The third-order valence-electron chi connectivity index (χ3n) is 5.24. The Morgan fingerprint density at radius 1 is 1.00 bits per heavy atom. The number of ether oxygens (including phenoxy) is 1. The van der Waals surface area contributed by atoms with Crippen molar-refractivity contribution < 1.29 is 22.3 Å². The minimum Gasteiger partial charge on any atom is -0.497 e. The van der Waals surface area contributed by atoms with E-state index in [0.29, 0.717) is 30.0 Å². The van der Waals surface area contributed by atoms with Crippen LogP contribution in [0.15, 0.2) is 71.6 Å². The lowest BCUT2D eigenvalue weighted by atomic mass is 10.0. The Hall–Kier alpha value is -3.23. The van der Waals surface area contributed by atoms with Crippen molar-refractivity contribution in [2.75, 3.05) is 19.0 Å². The summed E-state index contributed by atoms with van der Waals surface area (Å²) < 4.78 is 45.5. The van der Waals surface area contributed by atoms with Crippen molar-refractivity contribution in [1.82, 2.24) is 4.31 Å². The lowest BCUT2D eigenvalue weighted by Crippen LogP contribution is -2.36. The van der Waals surface area contributed by atoms with Gasteiger partial charge < -0.3 is 10.1 Å². The van der Waals surface area contributed by atoms with Gasteiger partial charge in [0, 0.05) is 24.3 Å². The van der Waals surface area contributed by atoms with Gasteiger partial charge in [0.25, 0.3) is 5.91 Å². The summed E-state index contributed by atoms with van der Waals surface area (Å²) in [7, 11) is -2.18.